The van der Waals surface area contributed by atoms with Gasteiger partial charge in [-0.3, -0.25) is 4.79 Å². The Bertz CT molecular complexity index is 835. The van der Waals surface area contributed by atoms with Gasteiger partial charge in [-0.25, -0.2) is 0 Å². The highest BCUT2D eigenvalue weighted by Crippen LogP contribution is 2.40. The van der Waals surface area contributed by atoms with Crippen molar-refractivity contribution in [1.29, 1.82) is 0 Å². The summed E-state index contributed by atoms with van der Waals surface area (Å²) in [7, 11) is 0. The Labute approximate surface area is 144 Å². The van der Waals surface area contributed by atoms with Crippen LogP contribution in [-0.2, 0) is 6.42 Å². The highest BCUT2D eigenvalue weighted by atomic mass is 32.1. The second-order valence-corrected chi connectivity index (χ2v) is 7.82. The second kappa shape index (κ2) is 5.95. The molecule has 1 aromatic carbocycles. The largest absolute Gasteiger partial charge is 0.326 e. The van der Waals surface area contributed by atoms with Crippen LogP contribution < -0.4 is 0 Å². The third-order valence-corrected chi connectivity index (χ3v) is 6.23. The fraction of sp³-hybridized carbons (Fsp3) is 0.211. The SMILES string of the molecule is Cc1cccc(C(=O)N2CCc3sccc3C2c2cccs2)c1. The minimum Gasteiger partial charge on any atom is -0.326 e. The summed E-state index contributed by atoms with van der Waals surface area (Å²) in [4.78, 5) is 17.8. The highest BCUT2D eigenvalue weighted by molar-refractivity contribution is 7.10. The zero-order chi connectivity index (χ0) is 15.8. The molecule has 4 rings (SSSR count). The molecule has 4 heteroatoms. The summed E-state index contributed by atoms with van der Waals surface area (Å²) in [6.45, 7) is 2.81. The lowest BCUT2D eigenvalue weighted by Gasteiger charge is -2.35. The quantitative estimate of drug-likeness (QED) is 0.650. The Morgan fingerprint density at radius 2 is 2.04 bits per heavy atom. The van der Waals surface area contributed by atoms with Crippen molar-refractivity contribution in [3.63, 3.8) is 0 Å². The van der Waals surface area contributed by atoms with Crippen molar-refractivity contribution in [3.8, 4) is 0 Å². The molecule has 1 amide bonds. The lowest BCUT2D eigenvalue weighted by atomic mass is 9.97. The van der Waals surface area contributed by atoms with Gasteiger partial charge in [0.1, 0.15) is 0 Å². The van der Waals surface area contributed by atoms with E-state index >= 15 is 0 Å². The molecule has 3 heterocycles. The number of benzene rings is 1. The van der Waals surface area contributed by atoms with Crippen molar-refractivity contribution in [2.45, 2.75) is 19.4 Å². The lowest BCUT2D eigenvalue weighted by Crippen LogP contribution is -2.39. The molecular formula is C19H17NOS2. The molecule has 1 aliphatic heterocycles. The van der Waals surface area contributed by atoms with Crippen LogP contribution in [0, 0.1) is 6.92 Å². The number of fused-ring (bicyclic) bond motifs is 1. The standard InChI is InChI=1S/C19H17NOS2/c1-13-4-2-5-14(12-13)19(21)20-9-7-16-15(8-11-23-16)18(20)17-6-3-10-22-17/h2-6,8,10-12,18H,7,9H2,1H3. The molecule has 0 aliphatic carbocycles. The van der Waals surface area contributed by atoms with Gasteiger partial charge in [0, 0.05) is 21.9 Å². The van der Waals surface area contributed by atoms with Gasteiger partial charge in [-0.2, -0.15) is 0 Å². The topological polar surface area (TPSA) is 20.3 Å². The number of hydrogen-bond acceptors (Lipinski definition) is 3. The van der Waals surface area contributed by atoms with Crippen LogP contribution in [0.4, 0.5) is 0 Å². The number of carbonyl (C=O) groups is 1. The van der Waals surface area contributed by atoms with Crippen molar-refractivity contribution < 1.29 is 4.79 Å². The molecule has 0 radical (unpaired) electrons. The third kappa shape index (κ3) is 2.62. The number of thiophene rings is 2. The predicted octanol–water partition coefficient (Wildman–Crippen LogP) is 4.91. The molecule has 116 valence electrons. The van der Waals surface area contributed by atoms with E-state index in [-0.39, 0.29) is 11.9 Å². The van der Waals surface area contributed by atoms with Gasteiger partial charge in [0.2, 0.25) is 0 Å². The highest BCUT2D eigenvalue weighted by Gasteiger charge is 2.33. The maximum absolute atomic E-state index is 13.1. The maximum Gasteiger partial charge on any atom is 0.254 e. The summed E-state index contributed by atoms with van der Waals surface area (Å²) in [6.07, 6.45) is 0.951. The molecular weight excluding hydrogens is 322 g/mol. The molecule has 1 unspecified atom stereocenters. The van der Waals surface area contributed by atoms with E-state index in [0.29, 0.717) is 0 Å². The molecule has 0 saturated heterocycles. The first-order valence-corrected chi connectivity index (χ1v) is 9.47. The third-order valence-electron chi connectivity index (χ3n) is 4.30. The number of nitrogens with zero attached hydrogens (tertiary/aromatic N) is 1. The molecule has 0 spiro atoms. The predicted molar refractivity (Wildman–Crippen MR) is 96.4 cm³/mol. The van der Waals surface area contributed by atoms with E-state index < -0.39 is 0 Å². The number of aryl methyl sites for hydroxylation is 1. The van der Waals surface area contributed by atoms with E-state index in [2.05, 4.69) is 29.0 Å². The van der Waals surface area contributed by atoms with E-state index in [1.165, 1.54) is 15.3 Å². The van der Waals surface area contributed by atoms with Gasteiger partial charge in [0.15, 0.2) is 0 Å². The van der Waals surface area contributed by atoms with Crippen LogP contribution in [0.15, 0.2) is 53.2 Å². The van der Waals surface area contributed by atoms with E-state index in [1.54, 1.807) is 22.7 Å². The Hall–Kier alpha value is -1.91. The summed E-state index contributed by atoms with van der Waals surface area (Å²) in [5, 5.41) is 4.23. The molecule has 0 saturated carbocycles. The first-order chi connectivity index (χ1) is 11.2. The zero-order valence-electron chi connectivity index (χ0n) is 12.9. The summed E-state index contributed by atoms with van der Waals surface area (Å²) >= 11 is 3.53. The summed E-state index contributed by atoms with van der Waals surface area (Å²) in [6, 6.07) is 14.3. The van der Waals surface area contributed by atoms with Crippen LogP contribution in [0.25, 0.3) is 0 Å². The summed E-state index contributed by atoms with van der Waals surface area (Å²) in [5.74, 6) is 0.129. The minimum absolute atomic E-state index is 0.0537. The molecule has 0 fully saturated rings. The fourth-order valence-electron chi connectivity index (χ4n) is 3.23. The molecule has 23 heavy (non-hydrogen) atoms. The average Bonchev–Trinajstić information content (AvgIpc) is 3.24. The molecule has 0 N–H and O–H groups in total. The van der Waals surface area contributed by atoms with E-state index in [9.17, 15) is 4.79 Å². The summed E-state index contributed by atoms with van der Waals surface area (Å²) in [5.41, 5.74) is 3.20. The molecule has 1 atom stereocenters. The molecule has 1 aliphatic rings. The van der Waals surface area contributed by atoms with Crippen LogP contribution in [0.5, 0.6) is 0 Å². The van der Waals surface area contributed by atoms with Crippen LogP contribution in [0.3, 0.4) is 0 Å². The normalized spacial score (nSPS) is 17.1. The molecule has 0 bridgehead atoms. The Kier molecular flexibility index (Phi) is 3.79. The van der Waals surface area contributed by atoms with Crippen LogP contribution in [-0.4, -0.2) is 17.4 Å². The molecule has 3 aromatic rings. The van der Waals surface area contributed by atoms with Gasteiger partial charge in [0.05, 0.1) is 6.04 Å². The minimum atomic E-state index is 0.0537. The number of hydrogen-bond donors (Lipinski definition) is 0. The van der Waals surface area contributed by atoms with E-state index in [1.807, 2.05) is 36.1 Å². The monoisotopic (exact) mass is 339 g/mol. The van der Waals surface area contributed by atoms with Crippen molar-refractivity contribution >= 4 is 28.6 Å². The smallest absolute Gasteiger partial charge is 0.254 e. The van der Waals surface area contributed by atoms with E-state index in [0.717, 1.165) is 24.1 Å². The van der Waals surface area contributed by atoms with Gasteiger partial charge in [-0.05, 0) is 53.9 Å². The van der Waals surface area contributed by atoms with Crippen molar-refractivity contribution in [3.05, 3.63) is 79.7 Å². The second-order valence-electron chi connectivity index (χ2n) is 5.84. The van der Waals surface area contributed by atoms with Crippen molar-refractivity contribution in [2.24, 2.45) is 0 Å². The number of carbonyl (C=O) groups excluding carboxylic acids is 1. The van der Waals surface area contributed by atoms with Gasteiger partial charge in [0.25, 0.3) is 5.91 Å². The van der Waals surface area contributed by atoms with Crippen LogP contribution in [0.1, 0.15) is 37.3 Å². The van der Waals surface area contributed by atoms with E-state index in [4.69, 9.17) is 0 Å². The van der Waals surface area contributed by atoms with Gasteiger partial charge < -0.3 is 4.90 Å². The lowest BCUT2D eigenvalue weighted by molar-refractivity contribution is 0.0698. The average molecular weight is 339 g/mol. The Balaban J connectivity index is 1.77. The first-order valence-electron chi connectivity index (χ1n) is 7.71. The fourth-order valence-corrected chi connectivity index (χ4v) is 4.99. The van der Waals surface area contributed by atoms with Crippen LogP contribution >= 0.6 is 22.7 Å². The van der Waals surface area contributed by atoms with Crippen molar-refractivity contribution in [2.75, 3.05) is 6.54 Å². The maximum atomic E-state index is 13.1. The van der Waals surface area contributed by atoms with Gasteiger partial charge in [-0.15, -0.1) is 22.7 Å². The van der Waals surface area contributed by atoms with Crippen molar-refractivity contribution in [1.82, 2.24) is 4.90 Å². The number of amides is 1. The Morgan fingerprint density at radius 1 is 1.13 bits per heavy atom. The number of rotatable bonds is 2. The molecule has 2 nitrogen and oxygen atoms in total. The Morgan fingerprint density at radius 3 is 2.83 bits per heavy atom. The molecule has 2 aromatic heterocycles. The zero-order valence-corrected chi connectivity index (χ0v) is 14.5. The van der Waals surface area contributed by atoms with Gasteiger partial charge in [-0.1, -0.05) is 23.8 Å². The summed E-state index contributed by atoms with van der Waals surface area (Å²) < 4.78 is 0. The first kappa shape index (κ1) is 14.7. The van der Waals surface area contributed by atoms with Gasteiger partial charge >= 0.3 is 0 Å². The van der Waals surface area contributed by atoms with Crippen LogP contribution in [0.2, 0.25) is 0 Å².